The van der Waals surface area contributed by atoms with E-state index >= 15 is 0 Å². The van der Waals surface area contributed by atoms with Gasteiger partial charge in [-0.15, -0.1) is 0 Å². The molecule has 0 amide bonds. The largest absolute Gasteiger partial charge is 0.394 e. The number of aliphatic hydroxyl groups is 1. The molecule has 0 saturated carbocycles. The fraction of sp³-hybridized carbons (Fsp3) is 0.818. The lowest BCUT2D eigenvalue weighted by molar-refractivity contribution is 0.160. The maximum Gasteiger partial charge on any atom is 0.0610 e. The molecule has 1 aliphatic rings. The van der Waals surface area contributed by atoms with Crippen LogP contribution in [0.25, 0.3) is 0 Å². The average Bonchev–Trinajstić information content (AvgIpc) is 2.19. The summed E-state index contributed by atoms with van der Waals surface area (Å²) in [4.78, 5) is 0. The van der Waals surface area contributed by atoms with E-state index in [1.807, 2.05) is 0 Å². The summed E-state index contributed by atoms with van der Waals surface area (Å²) >= 11 is 0. The third kappa shape index (κ3) is 3.12. The molecular weight excluding hydrogens is 162 g/mol. The predicted octanol–water partition coefficient (Wildman–Crippen LogP) is 1.85. The molecule has 0 heterocycles. The Morgan fingerprint density at radius 1 is 1.62 bits per heavy atom. The summed E-state index contributed by atoms with van der Waals surface area (Å²) < 4.78 is 0. The first-order valence-electron chi connectivity index (χ1n) is 5.25. The molecule has 0 aromatic heterocycles. The molecule has 2 heteroatoms. The fourth-order valence-corrected chi connectivity index (χ4v) is 1.64. The van der Waals surface area contributed by atoms with Crippen LogP contribution in [0.4, 0.5) is 0 Å². The zero-order valence-electron chi connectivity index (χ0n) is 8.71. The average molecular weight is 183 g/mol. The first-order chi connectivity index (χ1) is 6.20. The van der Waals surface area contributed by atoms with Gasteiger partial charge in [0.2, 0.25) is 0 Å². The van der Waals surface area contributed by atoms with Crippen LogP contribution in [-0.2, 0) is 0 Å². The SMILES string of the molecule is CCC(C)(CO)NC1C=CCCC1. The zero-order valence-corrected chi connectivity index (χ0v) is 8.71. The van der Waals surface area contributed by atoms with Crippen LogP contribution in [0, 0.1) is 0 Å². The number of rotatable bonds is 4. The van der Waals surface area contributed by atoms with Crippen LogP contribution in [0.5, 0.6) is 0 Å². The van der Waals surface area contributed by atoms with Gasteiger partial charge in [0.25, 0.3) is 0 Å². The van der Waals surface area contributed by atoms with Crippen molar-refractivity contribution in [1.29, 1.82) is 0 Å². The number of allylic oxidation sites excluding steroid dienone is 1. The maximum atomic E-state index is 9.23. The van der Waals surface area contributed by atoms with Gasteiger partial charge in [-0.1, -0.05) is 19.1 Å². The van der Waals surface area contributed by atoms with Crippen LogP contribution in [-0.4, -0.2) is 23.3 Å². The summed E-state index contributed by atoms with van der Waals surface area (Å²) in [5, 5.41) is 12.7. The molecule has 2 nitrogen and oxygen atoms in total. The van der Waals surface area contributed by atoms with Crippen molar-refractivity contribution in [3.8, 4) is 0 Å². The van der Waals surface area contributed by atoms with Crippen molar-refractivity contribution in [2.24, 2.45) is 0 Å². The zero-order chi connectivity index (χ0) is 9.73. The Hall–Kier alpha value is -0.340. The van der Waals surface area contributed by atoms with Gasteiger partial charge in [0.1, 0.15) is 0 Å². The monoisotopic (exact) mass is 183 g/mol. The summed E-state index contributed by atoms with van der Waals surface area (Å²) in [6, 6.07) is 0.464. The Morgan fingerprint density at radius 3 is 2.85 bits per heavy atom. The van der Waals surface area contributed by atoms with E-state index in [-0.39, 0.29) is 12.1 Å². The van der Waals surface area contributed by atoms with Crippen molar-refractivity contribution in [1.82, 2.24) is 5.32 Å². The molecule has 13 heavy (non-hydrogen) atoms. The Kier molecular flexibility index (Phi) is 3.94. The Bertz CT molecular complexity index is 173. The quantitative estimate of drug-likeness (QED) is 0.652. The molecule has 0 aromatic carbocycles. The Labute approximate surface area is 81.0 Å². The molecule has 0 aromatic rings. The van der Waals surface area contributed by atoms with Crippen LogP contribution < -0.4 is 5.32 Å². The molecule has 0 spiro atoms. The number of aliphatic hydroxyl groups excluding tert-OH is 1. The smallest absolute Gasteiger partial charge is 0.0610 e. The molecule has 1 rings (SSSR count). The Balaban J connectivity index is 2.45. The van der Waals surface area contributed by atoms with Crippen molar-refractivity contribution in [2.45, 2.75) is 51.1 Å². The topological polar surface area (TPSA) is 32.3 Å². The van der Waals surface area contributed by atoms with Gasteiger partial charge in [0.05, 0.1) is 6.61 Å². The first-order valence-corrected chi connectivity index (χ1v) is 5.25. The summed E-state index contributed by atoms with van der Waals surface area (Å²) in [5.41, 5.74) is -0.105. The molecule has 2 N–H and O–H groups in total. The van der Waals surface area contributed by atoms with Crippen LogP contribution in [0.3, 0.4) is 0 Å². The number of hydrogen-bond acceptors (Lipinski definition) is 2. The number of hydrogen-bond donors (Lipinski definition) is 2. The minimum Gasteiger partial charge on any atom is -0.394 e. The van der Waals surface area contributed by atoms with Gasteiger partial charge in [-0.25, -0.2) is 0 Å². The van der Waals surface area contributed by atoms with E-state index in [1.54, 1.807) is 0 Å². The maximum absolute atomic E-state index is 9.23. The van der Waals surface area contributed by atoms with E-state index in [9.17, 15) is 5.11 Å². The lowest BCUT2D eigenvalue weighted by Crippen LogP contribution is -2.50. The van der Waals surface area contributed by atoms with Gasteiger partial charge < -0.3 is 10.4 Å². The van der Waals surface area contributed by atoms with E-state index < -0.39 is 0 Å². The summed E-state index contributed by atoms with van der Waals surface area (Å²) in [7, 11) is 0. The second-order valence-electron chi connectivity index (χ2n) is 4.18. The highest BCUT2D eigenvalue weighted by atomic mass is 16.3. The molecule has 2 unspecified atom stereocenters. The van der Waals surface area contributed by atoms with Crippen molar-refractivity contribution >= 4 is 0 Å². The van der Waals surface area contributed by atoms with Gasteiger partial charge in [0, 0.05) is 11.6 Å². The normalized spacial score (nSPS) is 27.2. The molecule has 2 atom stereocenters. The molecule has 0 bridgehead atoms. The highest BCUT2D eigenvalue weighted by Gasteiger charge is 2.23. The lowest BCUT2D eigenvalue weighted by Gasteiger charge is -2.32. The minimum atomic E-state index is -0.105. The van der Waals surface area contributed by atoms with E-state index in [4.69, 9.17) is 0 Å². The van der Waals surface area contributed by atoms with E-state index in [1.165, 1.54) is 19.3 Å². The van der Waals surface area contributed by atoms with Crippen molar-refractivity contribution in [3.05, 3.63) is 12.2 Å². The van der Waals surface area contributed by atoms with Crippen LogP contribution >= 0.6 is 0 Å². The van der Waals surface area contributed by atoms with Crippen LogP contribution in [0.15, 0.2) is 12.2 Å². The van der Waals surface area contributed by atoms with Crippen molar-refractivity contribution < 1.29 is 5.11 Å². The van der Waals surface area contributed by atoms with Gasteiger partial charge in [-0.05, 0) is 32.6 Å². The van der Waals surface area contributed by atoms with Crippen LogP contribution in [0.1, 0.15) is 39.5 Å². The third-order valence-corrected chi connectivity index (χ3v) is 2.92. The second kappa shape index (κ2) is 4.77. The predicted molar refractivity (Wildman–Crippen MR) is 55.7 cm³/mol. The summed E-state index contributed by atoms with van der Waals surface area (Å²) in [6.45, 7) is 4.40. The van der Waals surface area contributed by atoms with Crippen molar-refractivity contribution in [3.63, 3.8) is 0 Å². The molecule has 0 aliphatic heterocycles. The first kappa shape index (κ1) is 10.7. The third-order valence-electron chi connectivity index (χ3n) is 2.92. The standard InChI is InChI=1S/C11H21NO/c1-3-11(2,9-13)12-10-7-5-4-6-8-10/h5,7,10,12-13H,3-4,6,8-9H2,1-2H3. The summed E-state index contributed by atoms with van der Waals surface area (Å²) in [6.07, 6.45) is 9.10. The molecule has 0 saturated heterocycles. The molecule has 76 valence electrons. The van der Waals surface area contributed by atoms with Gasteiger partial charge in [0.15, 0.2) is 0 Å². The van der Waals surface area contributed by atoms with Crippen LogP contribution in [0.2, 0.25) is 0 Å². The van der Waals surface area contributed by atoms with E-state index in [0.717, 1.165) is 6.42 Å². The molecule has 1 aliphatic carbocycles. The van der Waals surface area contributed by atoms with E-state index in [0.29, 0.717) is 6.04 Å². The highest BCUT2D eigenvalue weighted by molar-refractivity contribution is 5.00. The Morgan fingerprint density at radius 2 is 2.38 bits per heavy atom. The highest BCUT2D eigenvalue weighted by Crippen LogP contribution is 2.15. The second-order valence-corrected chi connectivity index (χ2v) is 4.18. The lowest BCUT2D eigenvalue weighted by atomic mass is 9.95. The van der Waals surface area contributed by atoms with Gasteiger partial charge in [-0.3, -0.25) is 0 Å². The van der Waals surface area contributed by atoms with Gasteiger partial charge >= 0.3 is 0 Å². The molecule has 0 radical (unpaired) electrons. The minimum absolute atomic E-state index is 0.105. The summed E-state index contributed by atoms with van der Waals surface area (Å²) in [5.74, 6) is 0. The van der Waals surface area contributed by atoms with Crippen molar-refractivity contribution in [2.75, 3.05) is 6.61 Å². The van der Waals surface area contributed by atoms with Gasteiger partial charge in [-0.2, -0.15) is 0 Å². The fourth-order valence-electron chi connectivity index (χ4n) is 1.64. The molecule has 0 fully saturated rings. The number of nitrogens with one attached hydrogen (secondary N) is 1. The molecular formula is C11H21NO. The van der Waals surface area contributed by atoms with E-state index in [2.05, 4.69) is 31.3 Å².